The monoisotopic (exact) mass is 276 g/mol. The van der Waals surface area contributed by atoms with Crippen LogP contribution >= 0.6 is 0 Å². The molecule has 0 spiro atoms. The smallest absolute Gasteiger partial charge is 0.236 e. The first-order valence-electron chi connectivity index (χ1n) is 7.60. The number of nitrogens with zero attached hydrogens (tertiary/aromatic N) is 4. The van der Waals surface area contributed by atoms with Gasteiger partial charge in [-0.15, -0.1) is 0 Å². The summed E-state index contributed by atoms with van der Waals surface area (Å²) < 4.78 is 1.84. The van der Waals surface area contributed by atoms with Crippen LogP contribution in [0.5, 0.6) is 0 Å². The number of rotatable bonds is 5. The summed E-state index contributed by atoms with van der Waals surface area (Å²) in [5.74, 6) is 1.02. The van der Waals surface area contributed by atoms with E-state index in [-0.39, 0.29) is 5.91 Å². The summed E-state index contributed by atoms with van der Waals surface area (Å²) in [7, 11) is 3.88. The van der Waals surface area contributed by atoms with E-state index < -0.39 is 0 Å². The van der Waals surface area contributed by atoms with Crippen LogP contribution in [0.25, 0.3) is 0 Å². The van der Waals surface area contributed by atoms with Crippen molar-refractivity contribution >= 4 is 5.91 Å². The summed E-state index contributed by atoms with van der Waals surface area (Å²) in [4.78, 5) is 16.5. The van der Waals surface area contributed by atoms with Gasteiger partial charge in [0.05, 0.1) is 12.7 Å². The van der Waals surface area contributed by atoms with Crippen LogP contribution < -0.4 is 0 Å². The molecule has 1 aliphatic heterocycles. The molecule has 2 heterocycles. The van der Waals surface area contributed by atoms with Crippen molar-refractivity contribution in [2.75, 3.05) is 26.7 Å². The van der Waals surface area contributed by atoms with Crippen LogP contribution in [0.2, 0.25) is 0 Å². The number of aromatic nitrogens is 2. The van der Waals surface area contributed by atoms with Crippen LogP contribution in [0.3, 0.4) is 0 Å². The zero-order chi connectivity index (χ0) is 14.1. The lowest BCUT2D eigenvalue weighted by Crippen LogP contribution is -2.39. The fraction of sp³-hybridized carbons (Fsp3) is 0.733. The van der Waals surface area contributed by atoms with E-state index in [1.807, 2.05) is 29.9 Å². The summed E-state index contributed by atoms with van der Waals surface area (Å²) in [6.07, 6.45) is 8.88. The number of likely N-dealkylation sites (N-methyl/N-ethyl adjacent to an activating group) is 1. The Bertz CT molecular complexity index is 480. The van der Waals surface area contributed by atoms with E-state index in [1.165, 1.54) is 24.8 Å². The molecule has 0 aromatic carbocycles. The summed E-state index contributed by atoms with van der Waals surface area (Å²) in [6, 6.07) is 0.363. The second-order valence-electron chi connectivity index (χ2n) is 6.29. The maximum absolute atomic E-state index is 12.3. The van der Waals surface area contributed by atoms with E-state index in [0.717, 1.165) is 25.4 Å². The molecule has 110 valence electrons. The third-order valence-corrected chi connectivity index (χ3v) is 4.47. The predicted octanol–water partition coefficient (Wildman–Crippen LogP) is 1.43. The van der Waals surface area contributed by atoms with Crippen molar-refractivity contribution in [1.29, 1.82) is 0 Å². The quantitative estimate of drug-likeness (QED) is 0.817. The van der Waals surface area contributed by atoms with Crippen LogP contribution in [0.1, 0.15) is 37.3 Å². The Morgan fingerprint density at radius 3 is 2.90 bits per heavy atom. The first-order chi connectivity index (χ1) is 9.63. The highest BCUT2D eigenvalue weighted by atomic mass is 16.2. The second kappa shape index (κ2) is 5.56. The molecule has 0 bridgehead atoms. The Kier molecular flexibility index (Phi) is 3.78. The van der Waals surface area contributed by atoms with Crippen LogP contribution in [0.4, 0.5) is 0 Å². The highest BCUT2D eigenvalue weighted by Gasteiger charge is 2.30. The first-order valence-corrected chi connectivity index (χ1v) is 7.60. The maximum Gasteiger partial charge on any atom is 0.236 e. The highest BCUT2D eigenvalue weighted by molar-refractivity contribution is 5.78. The fourth-order valence-corrected chi connectivity index (χ4v) is 3.09. The molecule has 2 aliphatic rings. The van der Waals surface area contributed by atoms with Gasteiger partial charge in [-0.1, -0.05) is 0 Å². The average Bonchev–Trinajstić information content (AvgIpc) is 2.94. The van der Waals surface area contributed by atoms with Crippen LogP contribution in [-0.4, -0.2) is 52.2 Å². The van der Waals surface area contributed by atoms with Crippen LogP contribution in [-0.2, 0) is 11.8 Å². The first kappa shape index (κ1) is 13.6. The Morgan fingerprint density at radius 1 is 1.45 bits per heavy atom. The molecule has 0 radical (unpaired) electrons. The summed E-state index contributed by atoms with van der Waals surface area (Å²) in [5, 5.41) is 4.25. The minimum Gasteiger partial charge on any atom is -0.344 e. The zero-order valence-corrected chi connectivity index (χ0v) is 12.5. The fourth-order valence-electron chi connectivity index (χ4n) is 3.09. The van der Waals surface area contributed by atoms with Crippen molar-refractivity contribution in [2.24, 2.45) is 13.0 Å². The van der Waals surface area contributed by atoms with Crippen molar-refractivity contribution < 1.29 is 4.79 Å². The molecule has 5 heteroatoms. The molecule has 1 aliphatic carbocycles. The van der Waals surface area contributed by atoms with Crippen LogP contribution in [0, 0.1) is 5.92 Å². The second-order valence-corrected chi connectivity index (χ2v) is 6.29. The van der Waals surface area contributed by atoms with Gasteiger partial charge in [0, 0.05) is 38.4 Å². The lowest BCUT2D eigenvalue weighted by Gasteiger charge is -2.26. The van der Waals surface area contributed by atoms with Crippen molar-refractivity contribution in [3.63, 3.8) is 0 Å². The number of carbonyl (C=O) groups is 1. The SMILES string of the molecule is CN(CC1CC1)C(=O)CN1CCC[C@H]1c1cnn(C)c1. The Labute approximate surface area is 120 Å². The maximum atomic E-state index is 12.3. The molecule has 2 fully saturated rings. The van der Waals surface area contributed by atoms with E-state index in [1.54, 1.807) is 0 Å². The van der Waals surface area contributed by atoms with E-state index >= 15 is 0 Å². The van der Waals surface area contributed by atoms with Gasteiger partial charge in [-0.05, 0) is 38.1 Å². The predicted molar refractivity (Wildman–Crippen MR) is 77.1 cm³/mol. The van der Waals surface area contributed by atoms with Gasteiger partial charge in [-0.25, -0.2) is 0 Å². The molecular formula is C15H24N4O. The van der Waals surface area contributed by atoms with Crippen molar-refractivity contribution in [3.05, 3.63) is 18.0 Å². The van der Waals surface area contributed by atoms with Gasteiger partial charge in [0.25, 0.3) is 0 Å². The van der Waals surface area contributed by atoms with E-state index in [0.29, 0.717) is 12.6 Å². The molecule has 0 unspecified atom stereocenters. The Hall–Kier alpha value is -1.36. The molecule has 0 N–H and O–H groups in total. The Morgan fingerprint density at radius 2 is 2.25 bits per heavy atom. The lowest BCUT2D eigenvalue weighted by molar-refractivity contribution is -0.131. The van der Waals surface area contributed by atoms with Gasteiger partial charge in [0.2, 0.25) is 5.91 Å². The lowest BCUT2D eigenvalue weighted by atomic mass is 10.1. The zero-order valence-electron chi connectivity index (χ0n) is 12.5. The molecule has 3 rings (SSSR count). The molecule has 1 aromatic rings. The molecule has 1 amide bonds. The van der Waals surface area contributed by atoms with Gasteiger partial charge < -0.3 is 4.90 Å². The minimum atomic E-state index is 0.257. The number of hydrogen-bond acceptors (Lipinski definition) is 3. The number of aryl methyl sites for hydroxylation is 1. The van der Waals surface area contributed by atoms with Crippen molar-refractivity contribution in [1.82, 2.24) is 19.6 Å². The molecule has 5 nitrogen and oxygen atoms in total. The van der Waals surface area contributed by atoms with Gasteiger partial charge in [-0.3, -0.25) is 14.4 Å². The molecule has 1 saturated carbocycles. The standard InChI is InChI=1S/C15H24N4O/c1-17(9-12-5-6-12)15(20)11-19-7-3-4-14(19)13-8-16-18(2)10-13/h8,10,12,14H,3-7,9,11H2,1-2H3/t14-/m0/s1. The third kappa shape index (κ3) is 3.03. The molecule has 20 heavy (non-hydrogen) atoms. The van der Waals surface area contributed by atoms with Gasteiger partial charge in [0.15, 0.2) is 0 Å². The topological polar surface area (TPSA) is 41.4 Å². The summed E-state index contributed by atoms with van der Waals surface area (Å²) in [6.45, 7) is 2.50. The molecule has 1 atom stereocenters. The summed E-state index contributed by atoms with van der Waals surface area (Å²) >= 11 is 0. The number of carbonyl (C=O) groups excluding carboxylic acids is 1. The highest BCUT2D eigenvalue weighted by Crippen LogP contribution is 2.32. The van der Waals surface area contributed by atoms with Gasteiger partial charge in [-0.2, -0.15) is 5.10 Å². The number of amides is 1. The largest absolute Gasteiger partial charge is 0.344 e. The molecule has 1 aromatic heterocycles. The minimum absolute atomic E-state index is 0.257. The van der Waals surface area contributed by atoms with E-state index in [4.69, 9.17) is 0 Å². The molecular weight excluding hydrogens is 252 g/mol. The molecule has 1 saturated heterocycles. The third-order valence-electron chi connectivity index (χ3n) is 4.47. The van der Waals surface area contributed by atoms with E-state index in [9.17, 15) is 4.79 Å². The van der Waals surface area contributed by atoms with Crippen molar-refractivity contribution in [3.8, 4) is 0 Å². The van der Waals surface area contributed by atoms with Gasteiger partial charge >= 0.3 is 0 Å². The number of hydrogen-bond donors (Lipinski definition) is 0. The normalized spacial score (nSPS) is 23.2. The average molecular weight is 276 g/mol. The number of likely N-dealkylation sites (tertiary alicyclic amines) is 1. The summed E-state index contributed by atoms with van der Waals surface area (Å²) in [5.41, 5.74) is 1.24. The van der Waals surface area contributed by atoms with Crippen molar-refractivity contribution in [2.45, 2.75) is 31.7 Å². The Balaban J connectivity index is 1.59. The van der Waals surface area contributed by atoms with Gasteiger partial charge in [0.1, 0.15) is 0 Å². The van der Waals surface area contributed by atoms with E-state index in [2.05, 4.69) is 16.2 Å². The van der Waals surface area contributed by atoms with Crippen LogP contribution in [0.15, 0.2) is 12.4 Å².